The third-order valence-electron chi connectivity index (χ3n) is 5.09. The number of imide groups is 1. The molecule has 1 saturated carbocycles. The maximum atomic E-state index is 12.7. The summed E-state index contributed by atoms with van der Waals surface area (Å²) in [6.45, 7) is 5.28. The van der Waals surface area contributed by atoms with E-state index in [9.17, 15) is 9.59 Å². The van der Waals surface area contributed by atoms with Crippen molar-refractivity contribution in [3.63, 3.8) is 0 Å². The van der Waals surface area contributed by atoms with Crippen LogP contribution in [0.2, 0.25) is 0 Å². The quantitative estimate of drug-likeness (QED) is 0.804. The van der Waals surface area contributed by atoms with Crippen molar-refractivity contribution in [1.82, 2.24) is 10.2 Å². The van der Waals surface area contributed by atoms with E-state index in [0.29, 0.717) is 18.3 Å². The number of ether oxygens (including phenoxy) is 2. The van der Waals surface area contributed by atoms with Gasteiger partial charge in [-0.05, 0) is 62.8 Å². The van der Waals surface area contributed by atoms with Crippen LogP contribution in [0.1, 0.15) is 39.5 Å². The molecule has 1 aromatic rings. The Morgan fingerprint density at radius 1 is 1.12 bits per heavy atom. The normalized spacial score (nSPS) is 26.0. The molecule has 1 aliphatic heterocycles. The Morgan fingerprint density at radius 2 is 1.72 bits per heavy atom. The molecule has 3 rings (SSSR count). The summed E-state index contributed by atoms with van der Waals surface area (Å²) in [5.74, 6) is 2.00. The smallest absolute Gasteiger partial charge is 0.325 e. The van der Waals surface area contributed by atoms with Crippen molar-refractivity contribution in [2.45, 2.75) is 45.1 Å². The fraction of sp³-hybridized carbons (Fsp3) is 0.579. The molecule has 1 heterocycles. The molecule has 0 unspecified atom stereocenters. The minimum atomic E-state index is -0.678. The number of nitrogens with one attached hydrogen (secondary N) is 1. The van der Waals surface area contributed by atoms with Gasteiger partial charge in [-0.3, -0.25) is 9.69 Å². The molecule has 3 amide bonds. The van der Waals surface area contributed by atoms with Gasteiger partial charge in [0.15, 0.2) is 0 Å². The van der Waals surface area contributed by atoms with E-state index < -0.39 is 5.54 Å². The van der Waals surface area contributed by atoms with Crippen LogP contribution >= 0.6 is 0 Å². The third kappa shape index (κ3) is 3.72. The number of amides is 3. The average molecular weight is 346 g/mol. The molecule has 0 radical (unpaired) electrons. The molecule has 6 heteroatoms. The number of carbonyl (C=O) groups excluding carboxylic acids is 2. The van der Waals surface area contributed by atoms with Gasteiger partial charge in [-0.15, -0.1) is 0 Å². The number of hydrogen-bond acceptors (Lipinski definition) is 4. The molecule has 1 aromatic carbocycles. The Kier molecular flexibility index (Phi) is 5.16. The van der Waals surface area contributed by atoms with E-state index in [1.807, 2.05) is 31.2 Å². The maximum Gasteiger partial charge on any atom is 0.325 e. The van der Waals surface area contributed by atoms with Gasteiger partial charge in [-0.25, -0.2) is 4.79 Å². The van der Waals surface area contributed by atoms with Crippen LogP contribution in [0, 0.1) is 5.92 Å². The lowest BCUT2D eigenvalue weighted by Crippen LogP contribution is -2.49. The van der Waals surface area contributed by atoms with Crippen molar-refractivity contribution in [2.24, 2.45) is 5.92 Å². The Hall–Kier alpha value is -2.24. The van der Waals surface area contributed by atoms with Gasteiger partial charge in [0.25, 0.3) is 5.91 Å². The van der Waals surface area contributed by atoms with Crippen LogP contribution in [0.5, 0.6) is 11.5 Å². The van der Waals surface area contributed by atoms with Crippen LogP contribution in [-0.4, -0.2) is 42.1 Å². The standard InChI is InChI=1S/C19H26N2O4/c1-3-24-15-4-6-16(7-5-15)25-13-12-21-17(22)19(20-18(21)23)10-8-14(2)9-11-19/h4-7,14H,3,8-13H2,1-2H3,(H,20,23). The van der Waals surface area contributed by atoms with Gasteiger partial charge in [-0.2, -0.15) is 0 Å². The highest BCUT2D eigenvalue weighted by atomic mass is 16.5. The number of hydrogen-bond donors (Lipinski definition) is 1. The molecule has 1 saturated heterocycles. The van der Waals surface area contributed by atoms with Crippen LogP contribution in [0.3, 0.4) is 0 Å². The lowest BCUT2D eigenvalue weighted by Gasteiger charge is -2.33. The summed E-state index contributed by atoms with van der Waals surface area (Å²) >= 11 is 0. The predicted octanol–water partition coefficient (Wildman–Crippen LogP) is 2.96. The van der Waals surface area contributed by atoms with Crippen LogP contribution in [0.25, 0.3) is 0 Å². The van der Waals surface area contributed by atoms with Crippen molar-refractivity contribution in [2.75, 3.05) is 19.8 Å². The minimum Gasteiger partial charge on any atom is -0.494 e. The first kappa shape index (κ1) is 17.6. The zero-order valence-corrected chi connectivity index (χ0v) is 14.9. The summed E-state index contributed by atoms with van der Waals surface area (Å²) in [4.78, 5) is 26.2. The fourth-order valence-corrected chi connectivity index (χ4v) is 3.53. The van der Waals surface area contributed by atoms with Gasteiger partial charge in [0, 0.05) is 0 Å². The van der Waals surface area contributed by atoms with Gasteiger partial charge in [-0.1, -0.05) is 6.92 Å². The van der Waals surface area contributed by atoms with E-state index in [0.717, 1.165) is 31.4 Å². The van der Waals surface area contributed by atoms with E-state index in [-0.39, 0.29) is 25.1 Å². The monoisotopic (exact) mass is 346 g/mol. The molecule has 1 aliphatic carbocycles. The summed E-state index contributed by atoms with van der Waals surface area (Å²) in [7, 11) is 0. The third-order valence-corrected chi connectivity index (χ3v) is 5.09. The average Bonchev–Trinajstić information content (AvgIpc) is 2.84. The van der Waals surface area contributed by atoms with Crippen molar-refractivity contribution in [3.8, 4) is 11.5 Å². The Bertz CT molecular complexity index is 621. The highest BCUT2D eigenvalue weighted by molar-refractivity contribution is 6.07. The Balaban J connectivity index is 1.53. The van der Waals surface area contributed by atoms with Gasteiger partial charge in [0.05, 0.1) is 13.2 Å². The van der Waals surface area contributed by atoms with Crippen LogP contribution < -0.4 is 14.8 Å². The maximum absolute atomic E-state index is 12.7. The SMILES string of the molecule is CCOc1ccc(OCCN2C(=O)NC3(CCC(C)CC3)C2=O)cc1. The molecular formula is C19H26N2O4. The highest BCUT2D eigenvalue weighted by Gasteiger charge is 2.51. The number of rotatable bonds is 6. The summed E-state index contributed by atoms with van der Waals surface area (Å²) in [5.41, 5.74) is -0.678. The summed E-state index contributed by atoms with van der Waals surface area (Å²) in [6.07, 6.45) is 3.41. The van der Waals surface area contributed by atoms with Crippen molar-refractivity contribution < 1.29 is 19.1 Å². The topological polar surface area (TPSA) is 67.9 Å². The first-order valence-electron chi connectivity index (χ1n) is 9.04. The minimum absolute atomic E-state index is 0.0975. The Labute approximate surface area is 148 Å². The van der Waals surface area contributed by atoms with E-state index in [1.54, 1.807) is 0 Å². The second kappa shape index (κ2) is 7.33. The summed E-state index contributed by atoms with van der Waals surface area (Å²) in [6, 6.07) is 7.02. The lowest BCUT2D eigenvalue weighted by atomic mass is 9.77. The largest absolute Gasteiger partial charge is 0.494 e. The summed E-state index contributed by atoms with van der Waals surface area (Å²) < 4.78 is 11.0. The van der Waals surface area contributed by atoms with E-state index in [2.05, 4.69) is 12.2 Å². The molecule has 2 aliphatic rings. The highest BCUT2D eigenvalue weighted by Crippen LogP contribution is 2.36. The number of benzene rings is 1. The molecular weight excluding hydrogens is 320 g/mol. The van der Waals surface area contributed by atoms with Crippen LogP contribution in [-0.2, 0) is 4.79 Å². The molecule has 2 fully saturated rings. The van der Waals surface area contributed by atoms with Crippen LogP contribution in [0.4, 0.5) is 4.79 Å². The molecule has 0 bridgehead atoms. The van der Waals surface area contributed by atoms with Crippen molar-refractivity contribution >= 4 is 11.9 Å². The molecule has 1 N–H and O–H groups in total. The Morgan fingerprint density at radius 3 is 2.32 bits per heavy atom. The second-order valence-corrected chi connectivity index (χ2v) is 6.90. The molecule has 6 nitrogen and oxygen atoms in total. The molecule has 25 heavy (non-hydrogen) atoms. The van der Waals surface area contributed by atoms with Crippen molar-refractivity contribution in [1.29, 1.82) is 0 Å². The lowest BCUT2D eigenvalue weighted by molar-refractivity contribution is -0.132. The number of carbonyl (C=O) groups is 2. The van der Waals surface area contributed by atoms with E-state index in [4.69, 9.17) is 9.47 Å². The van der Waals surface area contributed by atoms with E-state index in [1.165, 1.54) is 4.90 Å². The van der Waals surface area contributed by atoms with Gasteiger partial charge < -0.3 is 14.8 Å². The number of urea groups is 1. The van der Waals surface area contributed by atoms with Crippen molar-refractivity contribution in [3.05, 3.63) is 24.3 Å². The van der Waals surface area contributed by atoms with Gasteiger partial charge in [0.1, 0.15) is 23.6 Å². The fourth-order valence-electron chi connectivity index (χ4n) is 3.53. The number of nitrogens with zero attached hydrogens (tertiary/aromatic N) is 1. The molecule has 0 aromatic heterocycles. The zero-order valence-electron chi connectivity index (χ0n) is 14.9. The molecule has 0 atom stereocenters. The first-order chi connectivity index (χ1) is 12.0. The predicted molar refractivity (Wildman–Crippen MR) is 93.7 cm³/mol. The van der Waals surface area contributed by atoms with Gasteiger partial charge >= 0.3 is 6.03 Å². The van der Waals surface area contributed by atoms with Gasteiger partial charge in [0.2, 0.25) is 0 Å². The van der Waals surface area contributed by atoms with Crippen LogP contribution in [0.15, 0.2) is 24.3 Å². The van der Waals surface area contributed by atoms with E-state index >= 15 is 0 Å². The molecule has 1 spiro atoms. The zero-order chi connectivity index (χ0) is 17.9. The molecule has 136 valence electrons. The first-order valence-corrected chi connectivity index (χ1v) is 9.04. The summed E-state index contributed by atoms with van der Waals surface area (Å²) in [5, 5.41) is 2.93. The second-order valence-electron chi connectivity index (χ2n) is 6.90.